The van der Waals surface area contributed by atoms with E-state index in [0.717, 1.165) is 30.5 Å². The number of allylic oxidation sites excluding steroid dienone is 1. The van der Waals surface area contributed by atoms with E-state index in [4.69, 9.17) is 0 Å². The van der Waals surface area contributed by atoms with Gasteiger partial charge in [0.2, 0.25) is 0 Å². The van der Waals surface area contributed by atoms with Gasteiger partial charge >= 0.3 is 0 Å². The van der Waals surface area contributed by atoms with Crippen LogP contribution in [0.1, 0.15) is 104 Å². The van der Waals surface area contributed by atoms with E-state index in [0.29, 0.717) is 6.04 Å². The maximum atomic E-state index is 9.43. The molecule has 1 aliphatic heterocycles. The van der Waals surface area contributed by atoms with Crippen LogP contribution in [-0.4, -0.2) is 48.2 Å². The van der Waals surface area contributed by atoms with E-state index in [-0.39, 0.29) is 6.61 Å². The SMILES string of the molecule is CCCCCCCCCCCCCC/C=C/C(CC)[N+]1(CCO)C=NCC1. The Labute approximate surface area is 169 Å². The fraction of sp³-hybridized carbons (Fsp3) is 0.875. The highest BCUT2D eigenvalue weighted by Gasteiger charge is 2.35. The van der Waals surface area contributed by atoms with Crippen molar-refractivity contribution in [1.29, 1.82) is 0 Å². The van der Waals surface area contributed by atoms with E-state index in [2.05, 4.69) is 37.3 Å². The Morgan fingerprint density at radius 1 is 0.926 bits per heavy atom. The molecule has 2 unspecified atom stereocenters. The molecule has 0 spiro atoms. The minimum Gasteiger partial charge on any atom is -0.390 e. The predicted molar refractivity (Wildman–Crippen MR) is 119 cm³/mol. The summed E-state index contributed by atoms with van der Waals surface area (Å²) in [7, 11) is 0. The Balaban J connectivity index is 2.02. The first-order valence-corrected chi connectivity index (χ1v) is 11.9. The van der Waals surface area contributed by atoms with Crippen LogP contribution in [0.25, 0.3) is 0 Å². The molecule has 3 nitrogen and oxygen atoms in total. The first-order valence-electron chi connectivity index (χ1n) is 11.9. The van der Waals surface area contributed by atoms with E-state index >= 15 is 0 Å². The summed E-state index contributed by atoms with van der Waals surface area (Å²) in [6.45, 7) is 7.53. The van der Waals surface area contributed by atoms with Crippen LogP contribution < -0.4 is 0 Å². The number of unbranched alkanes of at least 4 members (excludes halogenated alkanes) is 12. The third kappa shape index (κ3) is 10.4. The molecule has 0 bridgehead atoms. The first kappa shape index (κ1) is 24.4. The Hall–Kier alpha value is -0.670. The van der Waals surface area contributed by atoms with E-state index in [1.807, 2.05) is 0 Å². The van der Waals surface area contributed by atoms with Gasteiger partial charge in [0.15, 0.2) is 6.34 Å². The molecule has 1 aliphatic rings. The van der Waals surface area contributed by atoms with Crippen molar-refractivity contribution < 1.29 is 9.59 Å². The van der Waals surface area contributed by atoms with Gasteiger partial charge in [0.25, 0.3) is 0 Å². The van der Waals surface area contributed by atoms with Gasteiger partial charge < -0.3 is 5.11 Å². The van der Waals surface area contributed by atoms with E-state index in [9.17, 15) is 5.11 Å². The summed E-state index contributed by atoms with van der Waals surface area (Å²) in [4.78, 5) is 4.44. The van der Waals surface area contributed by atoms with Gasteiger partial charge in [0.1, 0.15) is 19.1 Å². The Kier molecular flexibility index (Phi) is 14.7. The van der Waals surface area contributed by atoms with Gasteiger partial charge in [0, 0.05) is 6.42 Å². The highest BCUT2D eigenvalue weighted by molar-refractivity contribution is 5.49. The zero-order valence-electron chi connectivity index (χ0n) is 18.4. The van der Waals surface area contributed by atoms with E-state index in [1.54, 1.807) is 0 Å². The topological polar surface area (TPSA) is 32.6 Å². The van der Waals surface area contributed by atoms with Crippen molar-refractivity contribution in [3.05, 3.63) is 12.2 Å². The van der Waals surface area contributed by atoms with Gasteiger partial charge in [-0.05, 0) is 18.9 Å². The molecule has 0 aromatic heterocycles. The van der Waals surface area contributed by atoms with E-state index in [1.165, 1.54) is 83.5 Å². The Bertz CT molecular complexity index is 394. The maximum absolute atomic E-state index is 9.43. The lowest BCUT2D eigenvalue weighted by Gasteiger charge is -2.36. The second-order valence-corrected chi connectivity index (χ2v) is 8.38. The summed E-state index contributed by atoms with van der Waals surface area (Å²) >= 11 is 0. The number of hydrogen-bond donors (Lipinski definition) is 1. The fourth-order valence-corrected chi connectivity index (χ4v) is 4.32. The van der Waals surface area contributed by atoms with Crippen molar-refractivity contribution in [2.45, 2.75) is 110 Å². The van der Waals surface area contributed by atoms with Crippen molar-refractivity contribution in [2.75, 3.05) is 26.2 Å². The molecule has 27 heavy (non-hydrogen) atoms. The van der Waals surface area contributed by atoms with Crippen molar-refractivity contribution in [3.63, 3.8) is 0 Å². The van der Waals surface area contributed by atoms with Gasteiger partial charge in [-0.3, -0.25) is 4.48 Å². The van der Waals surface area contributed by atoms with Crippen LogP contribution in [-0.2, 0) is 0 Å². The summed E-state index contributed by atoms with van der Waals surface area (Å²) in [5, 5.41) is 9.43. The van der Waals surface area contributed by atoms with Crippen molar-refractivity contribution in [2.24, 2.45) is 4.99 Å². The van der Waals surface area contributed by atoms with Gasteiger partial charge in [0.05, 0.1) is 13.2 Å². The quantitative estimate of drug-likeness (QED) is 0.170. The van der Waals surface area contributed by atoms with Gasteiger partial charge in [-0.15, -0.1) is 0 Å². The van der Waals surface area contributed by atoms with Crippen LogP contribution in [0.4, 0.5) is 0 Å². The largest absolute Gasteiger partial charge is 0.390 e. The van der Waals surface area contributed by atoms with Crippen LogP contribution in [0.5, 0.6) is 0 Å². The van der Waals surface area contributed by atoms with E-state index < -0.39 is 0 Å². The lowest BCUT2D eigenvalue weighted by atomic mass is 10.0. The molecule has 0 aromatic rings. The third-order valence-corrected chi connectivity index (χ3v) is 6.13. The zero-order chi connectivity index (χ0) is 19.6. The Morgan fingerprint density at radius 3 is 2.00 bits per heavy atom. The number of hydrogen-bond acceptors (Lipinski definition) is 2. The minimum absolute atomic E-state index is 0.245. The molecule has 0 aromatic carbocycles. The molecule has 0 saturated heterocycles. The van der Waals surface area contributed by atoms with Crippen molar-refractivity contribution >= 4 is 6.34 Å². The normalized spacial score (nSPS) is 20.7. The standard InChI is InChI=1S/C24H47N2O/c1-3-5-6-7-8-9-10-11-12-13-14-15-16-17-18-24(4-2)26(21-22-27)20-19-25-23-26/h17-18,23-24,27H,3-16,19-22H2,1-2H3/q+1/b18-17+. The number of rotatable bonds is 18. The monoisotopic (exact) mass is 379 g/mol. The number of nitrogens with zero attached hydrogens (tertiary/aromatic N) is 2. The summed E-state index contributed by atoms with van der Waals surface area (Å²) in [5.41, 5.74) is 0. The molecule has 1 heterocycles. The maximum Gasteiger partial charge on any atom is 0.186 e. The molecular formula is C24H47N2O+. The molecular weight excluding hydrogens is 332 g/mol. The molecule has 3 heteroatoms. The number of aliphatic hydroxyl groups is 1. The van der Waals surface area contributed by atoms with Gasteiger partial charge in [-0.25, -0.2) is 4.99 Å². The second kappa shape index (κ2) is 16.3. The summed E-state index contributed by atoms with van der Waals surface area (Å²) in [6, 6.07) is 0.473. The average molecular weight is 380 g/mol. The second-order valence-electron chi connectivity index (χ2n) is 8.38. The van der Waals surface area contributed by atoms with Crippen LogP contribution in [0.15, 0.2) is 17.1 Å². The van der Waals surface area contributed by atoms with Crippen molar-refractivity contribution in [3.8, 4) is 0 Å². The molecule has 1 N–H and O–H groups in total. The van der Waals surface area contributed by atoms with Crippen LogP contribution in [0, 0.1) is 0 Å². The predicted octanol–water partition coefficient (Wildman–Crippen LogP) is 6.26. The fourth-order valence-electron chi connectivity index (χ4n) is 4.32. The smallest absolute Gasteiger partial charge is 0.186 e. The minimum atomic E-state index is 0.245. The molecule has 0 radical (unpaired) electrons. The van der Waals surface area contributed by atoms with Gasteiger partial charge in [-0.1, -0.05) is 90.6 Å². The molecule has 1 rings (SSSR count). The molecule has 0 saturated carbocycles. The summed E-state index contributed by atoms with van der Waals surface area (Å²) in [6.07, 6.45) is 26.1. The summed E-state index contributed by atoms with van der Waals surface area (Å²) < 4.78 is 0.849. The van der Waals surface area contributed by atoms with Crippen LogP contribution >= 0.6 is 0 Å². The van der Waals surface area contributed by atoms with Gasteiger partial charge in [-0.2, -0.15) is 0 Å². The molecule has 0 aliphatic carbocycles. The lowest BCUT2D eigenvalue weighted by Crippen LogP contribution is -2.53. The number of aliphatic hydroxyl groups excluding tert-OH is 1. The highest BCUT2D eigenvalue weighted by Crippen LogP contribution is 2.20. The molecule has 2 atom stereocenters. The number of quaternary nitrogens is 1. The molecule has 158 valence electrons. The average Bonchev–Trinajstić information content (AvgIpc) is 3.15. The third-order valence-electron chi connectivity index (χ3n) is 6.13. The molecule has 0 fully saturated rings. The first-order chi connectivity index (χ1) is 13.3. The Morgan fingerprint density at radius 2 is 1.52 bits per heavy atom. The zero-order valence-corrected chi connectivity index (χ0v) is 18.4. The van der Waals surface area contributed by atoms with Crippen LogP contribution in [0.3, 0.4) is 0 Å². The molecule has 0 amide bonds. The lowest BCUT2D eigenvalue weighted by molar-refractivity contribution is -0.848. The number of aliphatic imine (C=N–C) groups is 1. The van der Waals surface area contributed by atoms with Crippen molar-refractivity contribution in [1.82, 2.24) is 0 Å². The highest BCUT2D eigenvalue weighted by atomic mass is 16.3. The van der Waals surface area contributed by atoms with Crippen LogP contribution in [0.2, 0.25) is 0 Å². The summed E-state index contributed by atoms with van der Waals surface area (Å²) in [5.74, 6) is 0.